The van der Waals surface area contributed by atoms with Crippen LogP contribution in [0.2, 0.25) is 5.02 Å². The molecule has 0 aromatic heterocycles. The number of carbonyl (C=O) groups is 2. The monoisotopic (exact) mass is 236 g/mol. The number of nitrogens with one attached hydrogen (secondary N) is 1. The van der Waals surface area contributed by atoms with Gasteiger partial charge in [0.15, 0.2) is 0 Å². The van der Waals surface area contributed by atoms with Gasteiger partial charge in [0.1, 0.15) is 11.9 Å². The summed E-state index contributed by atoms with van der Waals surface area (Å²) in [4.78, 5) is 21.9. The number of nitriles is 1. The number of Topliss-reactive ketones (excluding diaryl/α,β-unsaturated/α-hetero) is 1. The number of anilines is 1. The van der Waals surface area contributed by atoms with Gasteiger partial charge in [-0.15, -0.1) is 0 Å². The van der Waals surface area contributed by atoms with Crippen molar-refractivity contribution in [3.8, 4) is 6.07 Å². The summed E-state index contributed by atoms with van der Waals surface area (Å²) in [5, 5.41) is 11.4. The molecule has 1 amide bonds. The zero-order chi connectivity index (χ0) is 12.1. The molecule has 1 rings (SSSR count). The summed E-state index contributed by atoms with van der Waals surface area (Å²) in [7, 11) is 0. The Hall–Kier alpha value is -1.86. The van der Waals surface area contributed by atoms with Crippen molar-refractivity contribution in [2.24, 2.45) is 0 Å². The summed E-state index contributed by atoms with van der Waals surface area (Å²) >= 11 is 5.78. The van der Waals surface area contributed by atoms with Crippen LogP contribution in [0.4, 0.5) is 5.69 Å². The van der Waals surface area contributed by atoms with E-state index in [-0.39, 0.29) is 17.2 Å². The smallest absolute Gasteiger partial charge is 0.231 e. The second-order valence-corrected chi connectivity index (χ2v) is 3.64. The summed E-state index contributed by atoms with van der Waals surface area (Å²) in [6, 6.07) is 6.44. The highest BCUT2D eigenvalue weighted by Crippen LogP contribution is 2.20. The molecule has 1 aromatic carbocycles. The van der Waals surface area contributed by atoms with Gasteiger partial charge in [-0.2, -0.15) is 5.26 Å². The number of hydrogen-bond donors (Lipinski definition) is 1. The molecule has 0 atom stereocenters. The number of carbonyl (C=O) groups excluding carboxylic acids is 2. The minimum Gasteiger partial charge on any atom is -0.326 e. The molecule has 1 aromatic rings. The number of hydrogen-bond acceptors (Lipinski definition) is 3. The van der Waals surface area contributed by atoms with Gasteiger partial charge in [-0.3, -0.25) is 9.59 Å². The van der Waals surface area contributed by atoms with Gasteiger partial charge in [0, 0.05) is 5.69 Å². The van der Waals surface area contributed by atoms with Crippen LogP contribution in [-0.4, -0.2) is 11.7 Å². The molecule has 1 N–H and O–H groups in total. The number of halogens is 1. The number of benzene rings is 1. The lowest BCUT2D eigenvalue weighted by atomic mass is 10.2. The fourth-order valence-corrected chi connectivity index (χ4v) is 1.34. The van der Waals surface area contributed by atoms with Gasteiger partial charge in [0.05, 0.1) is 17.0 Å². The first-order chi connectivity index (χ1) is 7.52. The second kappa shape index (κ2) is 5.29. The fraction of sp³-hybridized carbons (Fsp3) is 0.182. The summed E-state index contributed by atoms with van der Waals surface area (Å²) in [5.41, 5.74) is 0.807. The highest BCUT2D eigenvalue weighted by Gasteiger charge is 2.07. The topological polar surface area (TPSA) is 70.0 Å². The normalized spacial score (nSPS) is 9.31. The molecular weight excluding hydrogens is 228 g/mol. The van der Waals surface area contributed by atoms with Crippen LogP contribution in [0.5, 0.6) is 0 Å². The molecule has 0 aliphatic rings. The number of ketones is 1. The van der Waals surface area contributed by atoms with Crippen molar-refractivity contribution >= 4 is 29.0 Å². The summed E-state index contributed by atoms with van der Waals surface area (Å²) in [6.45, 7) is 1.34. The van der Waals surface area contributed by atoms with Crippen LogP contribution in [0, 0.1) is 11.3 Å². The number of nitrogens with zero attached hydrogens (tertiary/aromatic N) is 1. The van der Waals surface area contributed by atoms with E-state index in [1.165, 1.54) is 19.1 Å². The third-order valence-electron chi connectivity index (χ3n) is 1.78. The van der Waals surface area contributed by atoms with Crippen molar-refractivity contribution < 1.29 is 9.59 Å². The lowest BCUT2D eigenvalue weighted by molar-refractivity contribution is -0.124. The van der Waals surface area contributed by atoms with Gasteiger partial charge in [0.2, 0.25) is 5.91 Å². The molecule has 0 saturated heterocycles. The van der Waals surface area contributed by atoms with Crippen molar-refractivity contribution in [1.29, 1.82) is 5.26 Å². The largest absolute Gasteiger partial charge is 0.326 e. The third kappa shape index (κ3) is 3.37. The van der Waals surface area contributed by atoms with Crippen LogP contribution in [0.3, 0.4) is 0 Å². The van der Waals surface area contributed by atoms with E-state index in [1.807, 2.05) is 6.07 Å². The molecule has 16 heavy (non-hydrogen) atoms. The Kier molecular flexibility index (Phi) is 4.03. The quantitative estimate of drug-likeness (QED) is 0.818. The summed E-state index contributed by atoms with van der Waals surface area (Å²) < 4.78 is 0. The van der Waals surface area contributed by atoms with Gasteiger partial charge < -0.3 is 5.32 Å². The first-order valence-electron chi connectivity index (χ1n) is 4.52. The van der Waals surface area contributed by atoms with Gasteiger partial charge >= 0.3 is 0 Å². The predicted molar refractivity (Wildman–Crippen MR) is 60.1 cm³/mol. The van der Waals surface area contributed by atoms with Gasteiger partial charge in [-0.25, -0.2) is 0 Å². The van der Waals surface area contributed by atoms with E-state index in [0.29, 0.717) is 11.3 Å². The Balaban J connectivity index is 2.76. The molecule has 0 radical (unpaired) electrons. The van der Waals surface area contributed by atoms with Gasteiger partial charge in [0.25, 0.3) is 0 Å². The molecule has 4 nitrogen and oxygen atoms in total. The number of amides is 1. The SMILES string of the molecule is CC(=O)CC(=O)Nc1ccc(C#N)c(Cl)c1. The zero-order valence-corrected chi connectivity index (χ0v) is 9.34. The molecule has 5 heteroatoms. The van der Waals surface area contributed by atoms with E-state index in [2.05, 4.69) is 5.32 Å². The van der Waals surface area contributed by atoms with Crippen molar-refractivity contribution in [3.05, 3.63) is 28.8 Å². The van der Waals surface area contributed by atoms with E-state index >= 15 is 0 Å². The highest BCUT2D eigenvalue weighted by molar-refractivity contribution is 6.32. The molecule has 0 unspecified atom stereocenters. The lowest BCUT2D eigenvalue weighted by Crippen LogP contribution is -2.14. The molecule has 0 bridgehead atoms. The van der Waals surface area contributed by atoms with Crippen LogP contribution >= 0.6 is 11.6 Å². The predicted octanol–water partition coefficient (Wildman–Crippen LogP) is 2.13. The van der Waals surface area contributed by atoms with Crippen LogP contribution in [0.15, 0.2) is 18.2 Å². The van der Waals surface area contributed by atoms with E-state index < -0.39 is 5.91 Å². The molecule has 82 valence electrons. The number of rotatable bonds is 3. The molecule has 0 aliphatic carbocycles. The van der Waals surface area contributed by atoms with Gasteiger partial charge in [-0.1, -0.05) is 11.6 Å². The molecular formula is C11H9ClN2O2. The lowest BCUT2D eigenvalue weighted by Gasteiger charge is -2.04. The first kappa shape index (κ1) is 12.2. The minimum absolute atomic E-state index is 0.169. The van der Waals surface area contributed by atoms with Crippen LogP contribution in [-0.2, 0) is 9.59 Å². The molecule has 0 fully saturated rings. The fourth-order valence-electron chi connectivity index (χ4n) is 1.11. The average Bonchev–Trinajstić information content (AvgIpc) is 2.16. The molecule has 0 spiro atoms. The maximum absolute atomic E-state index is 11.2. The summed E-state index contributed by atoms with van der Waals surface area (Å²) in [5.74, 6) is -0.606. The minimum atomic E-state index is -0.395. The van der Waals surface area contributed by atoms with Gasteiger partial charge in [-0.05, 0) is 25.1 Å². The summed E-state index contributed by atoms with van der Waals surface area (Å²) in [6.07, 6.45) is -0.169. The van der Waals surface area contributed by atoms with Crippen molar-refractivity contribution in [2.45, 2.75) is 13.3 Å². The second-order valence-electron chi connectivity index (χ2n) is 3.23. The molecule has 0 aliphatic heterocycles. The Labute approximate surface area is 97.8 Å². The van der Waals surface area contributed by atoms with Crippen molar-refractivity contribution in [2.75, 3.05) is 5.32 Å². The van der Waals surface area contributed by atoms with Crippen LogP contribution < -0.4 is 5.32 Å². The Morgan fingerprint density at radius 2 is 2.19 bits per heavy atom. The maximum Gasteiger partial charge on any atom is 0.231 e. The Morgan fingerprint density at radius 3 is 2.69 bits per heavy atom. The zero-order valence-electron chi connectivity index (χ0n) is 8.58. The average molecular weight is 237 g/mol. The highest BCUT2D eigenvalue weighted by atomic mass is 35.5. The molecule has 0 heterocycles. The van der Waals surface area contributed by atoms with E-state index in [4.69, 9.17) is 16.9 Å². The Morgan fingerprint density at radius 1 is 1.50 bits per heavy atom. The standard InChI is InChI=1S/C11H9ClN2O2/c1-7(15)4-11(16)14-9-3-2-8(6-13)10(12)5-9/h2-3,5H,4H2,1H3,(H,14,16). The first-order valence-corrected chi connectivity index (χ1v) is 4.89. The van der Waals surface area contributed by atoms with E-state index in [1.54, 1.807) is 6.07 Å². The Bertz CT molecular complexity index is 477. The van der Waals surface area contributed by atoms with Crippen LogP contribution in [0.1, 0.15) is 18.9 Å². The third-order valence-corrected chi connectivity index (χ3v) is 2.10. The molecule has 0 saturated carbocycles. The van der Waals surface area contributed by atoms with Crippen molar-refractivity contribution in [1.82, 2.24) is 0 Å². The maximum atomic E-state index is 11.2. The van der Waals surface area contributed by atoms with E-state index in [0.717, 1.165) is 0 Å². The van der Waals surface area contributed by atoms with Crippen LogP contribution in [0.25, 0.3) is 0 Å². The van der Waals surface area contributed by atoms with Crippen molar-refractivity contribution in [3.63, 3.8) is 0 Å². The van der Waals surface area contributed by atoms with E-state index in [9.17, 15) is 9.59 Å².